The van der Waals surface area contributed by atoms with E-state index in [1.807, 2.05) is 0 Å². The van der Waals surface area contributed by atoms with E-state index in [2.05, 4.69) is 5.32 Å². The number of anilines is 1. The molecule has 8 nitrogen and oxygen atoms in total. The van der Waals surface area contributed by atoms with Crippen LogP contribution >= 0.6 is 0 Å². The monoisotopic (exact) mass is 450 g/mol. The molecule has 2 rings (SSSR count). The van der Waals surface area contributed by atoms with Crippen LogP contribution in [0.25, 0.3) is 0 Å². The largest absolute Gasteiger partial charge is 0.357 e. The lowest BCUT2D eigenvalue weighted by atomic mass is 10.1. The predicted octanol–water partition coefficient (Wildman–Crippen LogP) is 1.60. The molecule has 1 atom stereocenters. The summed E-state index contributed by atoms with van der Waals surface area (Å²) in [5.74, 6) is -1.62. The fourth-order valence-corrected chi connectivity index (χ4v) is 3.97. The number of nitrogens with zero attached hydrogens (tertiary/aromatic N) is 3. The van der Waals surface area contributed by atoms with E-state index in [-0.39, 0.29) is 12.1 Å². The number of para-hydroxylation sites is 1. The van der Waals surface area contributed by atoms with Gasteiger partial charge in [0.05, 0.1) is 5.69 Å². The molecule has 0 aliphatic heterocycles. The summed E-state index contributed by atoms with van der Waals surface area (Å²) in [4.78, 5) is 26.7. The summed E-state index contributed by atoms with van der Waals surface area (Å²) in [6.45, 7) is 0.760. The summed E-state index contributed by atoms with van der Waals surface area (Å²) in [6, 6.07) is 13.1. The molecule has 0 spiro atoms. The van der Waals surface area contributed by atoms with Crippen LogP contribution in [0.5, 0.6) is 0 Å². The summed E-state index contributed by atoms with van der Waals surface area (Å²) >= 11 is 0. The van der Waals surface area contributed by atoms with Crippen LogP contribution in [0.1, 0.15) is 12.5 Å². The molecular formula is C21H27FN4O4S. The second-order valence-corrected chi connectivity index (χ2v) is 9.10. The van der Waals surface area contributed by atoms with Crippen molar-refractivity contribution in [2.45, 2.75) is 19.5 Å². The fourth-order valence-electron chi connectivity index (χ4n) is 2.91. The van der Waals surface area contributed by atoms with Gasteiger partial charge in [-0.15, -0.1) is 0 Å². The summed E-state index contributed by atoms with van der Waals surface area (Å²) in [6.07, 6.45) is 0. The third kappa shape index (κ3) is 5.80. The van der Waals surface area contributed by atoms with Crippen LogP contribution in [-0.2, 0) is 26.3 Å². The van der Waals surface area contributed by atoms with Gasteiger partial charge in [0.15, 0.2) is 0 Å². The molecule has 0 aromatic heterocycles. The van der Waals surface area contributed by atoms with Gasteiger partial charge in [0, 0.05) is 33.3 Å². The van der Waals surface area contributed by atoms with Gasteiger partial charge in [-0.1, -0.05) is 36.4 Å². The van der Waals surface area contributed by atoms with Crippen molar-refractivity contribution in [1.29, 1.82) is 0 Å². The summed E-state index contributed by atoms with van der Waals surface area (Å²) in [7, 11) is 0.142. The normalized spacial score (nSPS) is 12.3. The maximum absolute atomic E-state index is 14.2. The van der Waals surface area contributed by atoms with Gasteiger partial charge in [0.25, 0.3) is 0 Å². The Morgan fingerprint density at radius 1 is 1.03 bits per heavy atom. The highest BCUT2D eigenvalue weighted by molar-refractivity contribution is 7.90. The van der Waals surface area contributed by atoms with Crippen molar-refractivity contribution in [2.24, 2.45) is 0 Å². The van der Waals surface area contributed by atoms with Crippen LogP contribution in [0.15, 0.2) is 54.6 Å². The van der Waals surface area contributed by atoms with Crippen LogP contribution in [0.4, 0.5) is 10.1 Å². The lowest BCUT2D eigenvalue weighted by molar-refractivity contribution is -0.139. The van der Waals surface area contributed by atoms with Crippen molar-refractivity contribution in [3.05, 3.63) is 66.0 Å². The molecule has 31 heavy (non-hydrogen) atoms. The Morgan fingerprint density at radius 3 is 2.16 bits per heavy atom. The maximum atomic E-state index is 14.2. The number of hydrogen-bond donors (Lipinski definition) is 1. The van der Waals surface area contributed by atoms with Crippen LogP contribution in [-0.4, -0.2) is 63.2 Å². The minimum absolute atomic E-state index is 0.190. The van der Waals surface area contributed by atoms with Gasteiger partial charge in [-0.2, -0.15) is 12.7 Å². The van der Waals surface area contributed by atoms with E-state index in [9.17, 15) is 22.4 Å². The van der Waals surface area contributed by atoms with Gasteiger partial charge in [-0.25, -0.2) is 8.70 Å². The Balaban J connectivity index is 2.43. The van der Waals surface area contributed by atoms with E-state index < -0.39 is 40.4 Å². The van der Waals surface area contributed by atoms with Gasteiger partial charge in [0.2, 0.25) is 11.8 Å². The van der Waals surface area contributed by atoms with Crippen LogP contribution in [0.3, 0.4) is 0 Å². The maximum Gasteiger partial charge on any atom is 0.304 e. The first kappa shape index (κ1) is 24.3. The quantitative estimate of drug-likeness (QED) is 0.629. The molecule has 0 radical (unpaired) electrons. The van der Waals surface area contributed by atoms with Gasteiger partial charge < -0.3 is 10.2 Å². The first-order chi connectivity index (χ1) is 14.6. The predicted molar refractivity (Wildman–Crippen MR) is 117 cm³/mol. The van der Waals surface area contributed by atoms with Crippen molar-refractivity contribution in [1.82, 2.24) is 14.5 Å². The molecule has 2 amide bonds. The van der Waals surface area contributed by atoms with E-state index >= 15 is 0 Å². The zero-order chi connectivity index (χ0) is 23.2. The van der Waals surface area contributed by atoms with Crippen molar-refractivity contribution in [2.75, 3.05) is 32.0 Å². The number of amides is 2. The lowest BCUT2D eigenvalue weighted by Gasteiger charge is -2.32. The van der Waals surface area contributed by atoms with Crippen molar-refractivity contribution < 1.29 is 22.4 Å². The Morgan fingerprint density at radius 2 is 1.61 bits per heavy atom. The molecule has 0 saturated carbocycles. The van der Waals surface area contributed by atoms with Crippen LogP contribution in [0.2, 0.25) is 0 Å². The van der Waals surface area contributed by atoms with E-state index in [0.29, 0.717) is 5.69 Å². The molecule has 0 aliphatic rings. The molecule has 0 heterocycles. The molecule has 168 valence electrons. The third-order valence-electron chi connectivity index (χ3n) is 4.78. The molecule has 2 aromatic carbocycles. The SMILES string of the molecule is CNC(=O)[C@@H](C)N(Cc1ccccc1F)C(=O)CN(c1ccccc1)S(=O)(=O)N(C)C. The van der Waals surface area contributed by atoms with E-state index in [1.54, 1.807) is 36.4 Å². The Labute approximate surface area is 182 Å². The van der Waals surface area contributed by atoms with Crippen LogP contribution in [0, 0.1) is 5.82 Å². The van der Waals surface area contributed by atoms with Gasteiger partial charge in [0.1, 0.15) is 18.4 Å². The summed E-state index contributed by atoms with van der Waals surface area (Å²) in [5.41, 5.74) is 0.510. The Kier molecular flexibility index (Phi) is 8.12. The smallest absolute Gasteiger partial charge is 0.304 e. The summed E-state index contributed by atoms with van der Waals surface area (Å²) in [5, 5.41) is 2.47. The molecule has 0 fully saturated rings. The van der Waals surface area contributed by atoms with Crippen LogP contribution < -0.4 is 9.62 Å². The molecule has 0 unspecified atom stereocenters. The molecule has 0 bridgehead atoms. The Bertz CT molecular complexity index is 1020. The average molecular weight is 451 g/mol. The number of carbonyl (C=O) groups is 2. The highest BCUT2D eigenvalue weighted by Crippen LogP contribution is 2.20. The third-order valence-corrected chi connectivity index (χ3v) is 6.60. The number of hydrogen-bond acceptors (Lipinski definition) is 4. The minimum atomic E-state index is -4.01. The standard InChI is InChI=1S/C21H27FN4O4S/c1-16(21(28)23-2)25(14-17-10-8-9-13-19(17)22)20(27)15-26(31(29,30)24(3)4)18-11-6-5-7-12-18/h5-13,16H,14-15H2,1-4H3,(H,23,28)/t16-/m1/s1. The van der Waals surface area contributed by atoms with Gasteiger partial charge >= 0.3 is 10.2 Å². The summed E-state index contributed by atoms with van der Waals surface area (Å²) < 4.78 is 42.0. The second kappa shape index (κ2) is 10.4. The van der Waals surface area contributed by atoms with E-state index in [0.717, 1.165) is 8.61 Å². The number of nitrogens with one attached hydrogen (secondary N) is 1. The molecule has 1 N–H and O–H groups in total. The second-order valence-electron chi connectivity index (χ2n) is 7.04. The molecule has 10 heteroatoms. The van der Waals surface area contributed by atoms with Gasteiger partial charge in [-0.3, -0.25) is 9.59 Å². The zero-order valence-corrected chi connectivity index (χ0v) is 18.8. The Hall–Kier alpha value is -2.98. The van der Waals surface area contributed by atoms with Crippen molar-refractivity contribution in [3.8, 4) is 0 Å². The first-order valence-corrected chi connectivity index (χ1v) is 11.0. The number of rotatable bonds is 9. The molecular weight excluding hydrogens is 423 g/mol. The van der Waals surface area contributed by atoms with Gasteiger partial charge in [-0.05, 0) is 25.1 Å². The fraction of sp³-hybridized carbons (Fsp3) is 0.333. The topological polar surface area (TPSA) is 90.0 Å². The number of benzene rings is 2. The molecule has 0 aliphatic carbocycles. The average Bonchev–Trinajstić information content (AvgIpc) is 2.76. The minimum Gasteiger partial charge on any atom is -0.357 e. The first-order valence-electron chi connectivity index (χ1n) is 9.59. The molecule has 2 aromatic rings. The van der Waals surface area contributed by atoms with Crippen molar-refractivity contribution >= 4 is 27.7 Å². The number of likely N-dealkylation sites (N-methyl/N-ethyl adjacent to an activating group) is 1. The molecule has 0 saturated heterocycles. The van der Waals surface area contributed by atoms with E-state index in [4.69, 9.17) is 0 Å². The number of carbonyl (C=O) groups excluding carboxylic acids is 2. The van der Waals surface area contributed by atoms with Crippen molar-refractivity contribution in [3.63, 3.8) is 0 Å². The highest BCUT2D eigenvalue weighted by atomic mass is 32.2. The number of halogens is 1. The lowest BCUT2D eigenvalue weighted by Crippen LogP contribution is -2.52. The highest BCUT2D eigenvalue weighted by Gasteiger charge is 2.32. The van der Waals surface area contributed by atoms with E-state index in [1.165, 1.54) is 51.2 Å². The zero-order valence-electron chi connectivity index (χ0n) is 17.9.